The molecular weight excluding hydrogens is 415 g/mol. The van der Waals surface area contributed by atoms with E-state index in [0.717, 1.165) is 28.7 Å². The first kappa shape index (κ1) is 22.1. The summed E-state index contributed by atoms with van der Waals surface area (Å²) in [5.41, 5.74) is 4.84. The number of carbonyl (C=O) groups is 1. The Bertz CT molecular complexity index is 1170. The monoisotopic (exact) mass is 448 g/mol. The second-order valence-corrected chi connectivity index (χ2v) is 9.88. The number of rotatable bonds is 5. The molecule has 0 radical (unpaired) electrons. The maximum absolute atomic E-state index is 13.3. The molecule has 4 nitrogen and oxygen atoms in total. The van der Waals surface area contributed by atoms with Crippen LogP contribution in [0.15, 0.2) is 42.5 Å². The molecule has 1 spiro atoms. The summed E-state index contributed by atoms with van der Waals surface area (Å²) in [6, 6.07) is 12.6. The molecule has 2 aliphatic rings. The number of aryl methyl sites for hydroxylation is 1. The molecule has 2 unspecified atom stereocenters. The quantitative estimate of drug-likeness (QED) is 0.444. The van der Waals surface area contributed by atoms with Gasteiger partial charge in [0.2, 0.25) is 0 Å². The van der Waals surface area contributed by atoms with E-state index >= 15 is 0 Å². The number of likely N-dealkylation sites (tertiary alicyclic amines) is 1. The van der Waals surface area contributed by atoms with Crippen LogP contribution in [-0.4, -0.2) is 34.5 Å². The van der Waals surface area contributed by atoms with Crippen LogP contribution in [0.1, 0.15) is 85.2 Å². The smallest absolute Gasteiger partial charge is 0.341 e. The van der Waals surface area contributed by atoms with Gasteiger partial charge in [0.1, 0.15) is 11.9 Å². The highest BCUT2D eigenvalue weighted by atomic mass is 19.1. The van der Waals surface area contributed by atoms with Gasteiger partial charge in [-0.15, -0.1) is 0 Å². The second-order valence-electron chi connectivity index (χ2n) is 9.88. The van der Waals surface area contributed by atoms with Crippen molar-refractivity contribution in [2.45, 2.75) is 70.4 Å². The Balaban J connectivity index is 1.40. The van der Waals surface area contributed by atoms with Crippen molar-refractivity contribution in [3.8, 4) is 0 Å². The Labute approximate surface area is 195 Å². The van der Waals surface area contributed by atoms with Crippen LogP contribution < -0.4 is 0 Å². The lowest BCUT2D eigenvalue weighted by Crippen LogP contribution is -2.41. The number of esters is 1. The molecule has 3 atom stereocenters. The number of carbonyl (C=O) groups excluding carboxylic acids is 1. The number of nitrogens with one attached hydrogen (secondary N) is 1. The number of H-pyrrole nitrogens is 1. The molecular formula is C28H33FN2O2. The predicted molar refractivity (Wildman–Crippen MR) is 129 cm³/mol. The van der Waals surface area contributed by atoms with E-state index in [9.17, 15) is 9.18 Å². The molecule has 2 heterocycles. The SMILES string of the molecule is CCN1CCCC12CCC(c1ccc3[nH]c(C)c(C(=O)O[C@@H](C)c4ccc(F)cc4)c3c1)C2. The Morgan fingerprint density at radius 2 is 2.03 bits per heavy atom. The Morgan fingerprint density at radius 3 is 2.79 bits per heavy atom. The van der Waals surface area contributed by atoms with Gasteiger partial charge in [-0.05, 0) is 100 Å². The molecule has 33 heavy (non-hydrogen) atoms. The van der Waals surface area contributed by atoms with Crippen LogP contribution in [0, 0.1) is 12.7 Å². The Hall–Kier alpha value is -2.66. The van der Waals surface area contributed by atoms with Crippen LogP contribution in [0.3, 0.4) is 0 Å². The number of hydrogen-bond donors (Lipinski definition) is 1. The van der Waals surface area contributed by atoms with Crippen LogP contribution in [0.5, 0.6) is 0 Å². The Kier molecular flexibility index (Phi) is 5.77. The first-order chi connectivity index (χ1) is 15.9. The molecule has 2 aromatic carbocycles. The molecule has 1 aromatic heterocycles. The molecule has 1 N–H and O–H groups in total. The van der Waals surface area contributed by atoms with E-state index in [4.69, 9.17) is 4.74 Å². The van der Waals surface area contributed by atoms with Gasteiger partial charge < -0.3 is 9.72 Å². The summed E-state index contributed by atoms with van der Waals surface area (Å²) in [7, 11) is 0. The third-order valence-electron chi connectivity index (χ3n) is 8.02. The average Bonchev–Trinajstić information content (AvgIpc) is 3.50. The average molecular weight is 449 g/mol. The molecule has 5 heteroatoms. The van der Waals surface area contributed by atoms with Crippen molar-refractivity contribution in [2.24, 2.45) is 0 Å². The van der Waals surface area contributed by atoms with Gasteiger partial charge in [0.25, 0.3) is 0 Å². The van der Waals surface area contributed by atoms with Gasteiger partial charge in [-0.1, -0.05) is 25.1 Å². The molecule has 0 amide bonds. The molecule has 5 rings (SSSR count). The van der Waals surface area contributed by atoms with Crippen LogP contribution in [-0.2, 0) is 4.74 Å². The molecule has 2 fully saturated rings. The fraction of sp³-hybridized carbons (Fsp3) is 0.464. The molecule has 1 aliphatic carbocycles. The van der Waals surface area contributed by atoms with Crippen molar-refractivity contribution in [1.29, 1.82) is 0 Å². The number of hydrogen-bond acceptors (Lipinski definition) is 3. The summed E-state index contributed by atoms with van der Waals surface area (Å²) in [5.74, 6) is -0.118. The minimum Gasteiger partial charge on any atom is -0.454 e. The topological polar surface area (TPSA) is 45.3 Å². The van der Waals surface area contributed by atoms with Crippen molar-refractivity contribution >= 4 is 16.9 Å². The zero-order valence-electron chi connectivity index (χ0n) is 19.8. The molecule has 1 saturated carbocycles. The molecule has 174 valence electrons. The van der Waals surface area contributed by atoms with Crippen LogP contribution in [0.4, 0.5) is 4.39 Å². The largest absolute Gasteiger partial charge is 0.454 e. The standard InChI is InChI=1S/C28H33FN2O2/c1-4-31-15-5-13-28(31)14-12-22(17-28)21-8-11-25-24(16-21)26(18(2)30-25)27(32)33-19(3)20-6-9-23(29)10-7-20/h6-11,16,19,22,30H,4-5,12-15,17H2,1-3H3/t19-,22?,28?/m0/s1. The lowest BCUT2D eigenvalue weighted by Gasteiger charge is -2.34. The number of benzene rings is 2. The summed E-state index contributed by atoms with van der Waals surface area (Å²) in [6.07, 6.45) is 5.83. The summed E-state index contributed by atoms with van der Waals surface area (Å²) in [5, 5.41) is 0.932. The first-order valence-corrected chi connectivity index (χ1v) is 12.2. The highest BCUT2D eigenvalue weighted by Gasteiger charge is 2.45. The third kappa shape index (κ3) is 3.97. The van der Waals surface area contributed by atoms with E-state index in [2.05, 4.69) is 35.0 Å². The van der Waals surface area contributed by atoms with E-state index in [1.807, 2.05) is 13.8 Å². The predicted octanol–water partition coefficient (Wildman–Crippen LogP) is 6.66. The van der Waals surface area contributed by atoms with Crippen molar-refractivity contribution in [2.75, 3.05) is 13.1 Å². The number of fused-ring (bicyclic) bond motifs is 1. The van der Waals surface area contributed by atoms with E-state index < -0.39 is 6.10 Å². The van der Waals surface area contributed by atoms with Gasteiger partial charge in [0, 0.05) is 22.1 Å². The van der Waals surface area contributed by atoms with Gasteiger partial charge in [-0.2, -0.15) is 0 Å². The number of aromatic amines is 1. The van der Waals surface area contributed by atoms with Crippen LogP contribution >= 0.6 is 0 Å². The van der Waals surface area contributed by atoms with E-state index in [-0.39, 0.29) is 11.8 Å². The zero-order valence-corrected chi connectivity index (χ0v) is 19.8. The molecule has 1 saturated heterocycles. The van der Waals surface area contributed by atoms with Crippen molar-refractivity contribution in [3.63, 3.8) is 0 Å². The number of aromatic nitrogens is 1. The van der Waals surface area contributed by atoms with Gasteiger partial charge in [0.15, 0.2) is 0 Å². The van der Waals surface area contributed by atoms with Crippen LogP contribution in [0.2, 0.25) is 0 Å². The van der Waals surface area contributed by atoms with Crippen LogP contribution in [0.25, 0.3) is 10.9 Å². The summed E-state index contributed by atoms with van der Waals surface area (Å²) >= 11 is 0. The zero-order chi connectivity index (χ0) is 23.2. The van der Waals surface area contributed by atoms with Gasteiger partial charge in [-0.3, -0.25) is 4.90 Å². The molecule has 3 aromatic rings. The Morgan fingerprint density at radius 1 is 1.24 bits per heavy atom. The normalized spacial score (nSPS) is 24.1. The summed E-state index contributed by atoms with van der Waals surface area (Å²) in [4.78, 5) is 19.2. The fourth-order valence-electron chi connectivity index (χ4n) is 6.27. The van der Waals surface area contributed by atoms with Crippen molar-refractivity contribution in [3.05, 3.63) is 70.7 Å². The van der Waals surface area contributed by atoms with Gasteiger partial charge >= 0.3 is 5.97 Å². The minimum absolute atomic E-state index is 0.300. The number of nitrogens with zero attached hydrogens (tertiary/aromatic N) is 1. The summed E-state index contributed by atoms with van der Waals surface area (Å²) < 4.78 is 19.0. The lowest BCUT2D eigenvalue weighted by atomic mass is 9.89. The van der Waals surface area contributed by atoms with Crippen molar-refractivity contribution < 1.29 is 13.9 Å². The highest BCUT2D eigenvalue weighted by Crippen LogP contribution is 2.49. The van der Waals surface area contributed by atoms with Gasteiger partial charge in [0.05, 0.1) is 5.56 Å². The highest BCUT2D eigenvalue weighted by molar-refractivity contribution is 6.05. The third-order valence-corrected chi connectivity index (χ3v) is 8.02. The first-order valence-electron chi connectivity index (χ1n) is 12.2. The van der Waals surface area contributed by atoms with E-state index in [0.29, 0.717) is 17.0 Å². The minimum atomic E-state index is -0.456. The molecule has 0 bridgehead atoms. The maximum Gasteiger partial charge on any atom is 0.341 e. The second kappa shape index (κ2) is 8.60. The van der Waals surface area contributed by atoms with E-state index in [1.165, 1.54) is 56.3 Å². The number of ether oxygens (including phenoxy) is 1. The summed E-state index contributed by atoms with van der Waals surface area (Å²) in [6.45, 7) is 8.37. The number of halogens is 1. The van der Waals surface area contributed by atoms with Crippen molar-refractivity contribution in [1.82, 2.24) is 9.88 Å². The molecule has 1 aliphatic heterocycles. The lowest BCUT2D eigenvalue weighted by molar-refractivity contribution is 0.0339. The fourth-order valence-corrected chi connectivity index (χ4v) is 6.27. The van der Waals surface area contributed by atoms with Gasteiger partial charge in [-0.25, -0.2) is 9.18 Å². The maximum atomic E-state index is 13.3. The van der Waals surface area contributed by atoms with E-state index in [1.54, 1.807) is 12.1 Å².